The van der Waals surface area contributed by atoms with Crippen LogP contribution in [0.15, 0.2) is 214 Å². The number of esters is 1. The van der Waals surface area contributed by atoms with Crippen LogP contribution in [0, 0.1) is 6.92 Å². The fourth-order valence-corrected chi connectivity index (χ4v) is 14.4. The molecule has 0 fully saturated rings. The van der Waals surface area contributed by atoms with E-state index in [9.17, 15) is 33.6 Å². The molecule has 13 aromatic rings. The Morgan fingerprint density at radius 2 is 0.794 bits per heavy atom. The second-order valence-electron chi connectivity index (χ2n) is 24.1. The molecule has 17 nitrogen and oxygen atoms in total. The SMILES string of the molecule is C=CC(=O)OCCn1c2ccc(C(=O)c3cccs3)cc2c2cc(/C(=N/OC(C)=O)c3ccccc3C)ccc21.CCCCCCn1c2ccc(C(=O)c3cccs3)cc2c2cc(/C(C)=N/OC(C)=O)ccc21.CCn1c2ccc(C(=O)c3cccs3)cc2c2cc(/C(C)=N/OC(C)=O)ccc21. The molecule has 0 bridgehead atoms. The highest BCUT2D eigenvalue weighted by atomic mass is 32.1. The van der Waals surface area contributed by atoms with E-state index in [-0.39, 0.29) is 24.0 Å². The summed E-state index contributed by atoms with van der Waals surface area (Å²) in [6, 6.07) is 54.5. The molecule has 0 saturated carbocycles. The van der Waals surface area contributed by atoms with Crippen molar-refractivity contribution in [1.82, 2.24) is 13.7 Å². The molecule has 20 heteroatoms. The van der Waals surface area contributed by atoms with Gasteiger partial charge in [0.05, 0.1) is 32.6 Å². The molecule has 13 rings (SSSR count). The molecule has 516 valence electrons. The van der Waals surface area contributed by atoms with Gasteiger partial charge in [-0.15, -0.1) is 34.0 Å². The maximum absolute atomic E-state index is 13.2. The van der Waals surface area contributed by atoms with Crippen molar-refractivity contribution in [3.63, 3.8) is 0 Å². The van der Waals surface area contributed by atoms with Crippen LogP contribution in [0.5, 0.6) is 0 Å². The lowest BCUT2D eigenvalue weighted by molar-refractivity contribution is -0.141. The maximum atomic E-state index is 13.2. The molecule has 0 aliphatic rings. The molecule has 102 heavy (non-hydrogen) atoms. The standard InChI is InChI=1S/C32H26N2O5S.C27H28N2O3S.C23H20N2O3S/c1-4-30(36)38-16-15-34-27-13-11-22(31(33-39-21(3)35)24-9-6-5-8-20(24)2)18-25(27)26-19-23(12-14-28(26)34)32(37)29-10-7-17-40-29;1-4-5-6-7-14-29-24-12-10-20(18(2)28-32-19(3)30)16-22(24)23-17-21(11-13-25(23)29)27(31)26-9-8-15-33-26;1-4-25-20-9-7-16(14(2)24-28-15(3)26)12-18(20)19-13-17(8-10-21(19)25)23(27)22-6-5-11-29-22/h4-14,17-19H,1,15-16H2,2-3H3;8-13,15-17H,4-7,14H2,1-3H3;5-13H,4H2,1-3H3/b33-31-;28-18+;24-14+. The Morgan fingerprint density at radius 1 is 0.422 bits per heavy atom. The predicted molar refractivity (Wildman–Crippen MR) is 409 cm³/mol. The molecule has 0 aliphatic heterocycles. The quantitative estimate of drug-likeness (QED) is 0.0112. The number of hydrogen-bond acceptors (Lipinski definition) is 17. The van der Waals surface area contributed by atoms with E-state index in [1.54, 1.807) is 6.92 Å². The van der Waals surface area contributed by atoms with E-state index < -0.39 is 23.9 Å². The van der Waals surface area contributed by atoms with Crippen molar-refractivity contribution in [2.45, 2.75) is 101 Å². The average molecular weight is 1420 g/mol. The molecule has 0 spiro atoms. The van der Waals surface area contributed by atoms with Crippen LogP contribution in [-0.4, -0.2) is 78.7 Å². The summed E-state index contributed by atoms with van der Waals surface area (Å²) in [6.45, 7) is 19.6. The van der Waals surface area contributed by atoms with Gasteiger partial charge in [0.25, 0.3) is 0 Å². The van der Waals surface area contributed by atoms with Gasteiger partial charge in [0.15, 0.2) is 0 Å². The third-order valence-corrected chi connectivity index (χ3v) is 19.9. The molecule has 0 aliphatic carbocycles. The van der Waals surface area contributed by atoms with E-state index in [1.807, 2.05) is 182 Å². The summed E-state index contributed by atoms with van der Waals surface area (Å²) < 4.78 is 11.9. The van der Waals surface area contributed by atoms with Crippen molar-refractivity contribution in [3.05, 3.63) is 258 Å². The molecule has 0 amide bonds. The van der Waals surface area contributed by atoms with Crippen molar-refractivity contribution >= 4 is 158 Å². The van der Waals surface area contributed by atoms with Gasteiger partial charge in [-0.05, 0) is 176 Å². The van der Waals surface area contributed by atoms with Crippen molar-refractivity contribution in [3.8, 4) is 0 Å². The van der Waals surface area contributed by atoms with Gasteiger partial charge in [-0.25, -0.2) is 19.2 Å². The minimum Gasteiger partial charge on any atom is -0.461 e. The average Bonchev–Trinajstić information content (AvgIpc) is 1.61. The van der Waals surface area contributed by atoms with Crippen LogP contribution in [0.25, 0.3) is 65.4 Å². The van der Waals surface area contributed by atoms with E-state index in [1.165, 1.54) is 74.0 Å². The lowest BCUT2D eigenvalue weighted by Gasteiger charge is -2.11. The Bertz CT molecular complexity index is 5460. The number of nitrogens with zero attached hydrogens (tertiary/aromatic N) is 6. The van der Waals surface area contributed by atoms with Crippen molar-refractivity contribution in [2.75, 3.05) is 6.61 Å². The second-order valence-corrected chi connectivity index (χ2v) is 27.0. The first-order chi connectivity index (χ1) is 49.3. The van der Waals surface area contributed by atoms with Gasteiger partial charge < -0.3 is 33.0 Å². The van der Waals surface area contributed by atoms with Crippen LogP contribution in [0.2, 0.25) is 0 Å². The van der Waals surface area contributed by atoms with E-state index in [4.69, 9.17) is 19.2 Å². The maximum Gasteiger partial charge on any atom is 0.332 e. The first-order valence-corrected chi connectivity index (χ1v) is 36.0. The van der Waals surface area contributed by atoms with Gasteiger partial charge in [0, 0.05) is 133 Å². The lowest BCUT2D eigenvalue weighted by atomic mass is 9.97. The van der Waals surface area contributed by atoms with Gasteiger partial charge in [-0.1, -0.05) is 109 Å². The number of rotatable bonds is 23. The summed E-state index contributed by atoms with van der Waals surface area (Å²) in [5, 5.41) is 23.7. The molecule has 0 N–H and O–H groups in total. The van der Waals surface area contributed by atoms with Gasteiger partial charge in [0.2, 0.25) is 17.3 Å². The monoisotopic (exact) mass is 1410 g/mol. The Balaban J connectivity index is 0.000000156. The highest BCUT2D eigenvalue weighted by Crippen LogP contribution is 2.36. The van der Waals surface area contributed by atoms with Gasteiger partial charge in [0.1, 0.15) is 12.3 Å². The summed E-state index contributed by atoms with van der Waals surface area (Å²) in [5.74, 6) is -1.89. The van der Waals surface area contributed by atoms with E-state index in [2.05, 4.69) is 67.8 Å². The number of unbranched alkanes of at least 4 members (excludes halogenated alkanes) is 3. The summed E-state index contributed by atoms with van der Waals surface area (Å²) in [5.41, 5.74) is 14.2. The summed E-state index contributed by atoms with van der Waals surface area (Å²) >= 11 is 4.31. The predicted octanol–water partition coefficient (Wildman–Crippen LogP) is 18.8. The van der Waals surface area contributed by atoms with Gasteiger partial charge in [-0.2, -0.15) is 0 Å². The molecule has 0 radical (unpaired) electrons. The zero-order chi connectivity index (χ0) is 72.1. The van der Waals surface area contributed by atoms with Crippen LogP contribution in [-0.2, 0) is 58.1 Å². The number of ketones is 3. The zero-order valence-corrected chi connectivity index (χ0v) is 60.2. The largest absolute Gasteiger partial charge is 0.461 e. The van der Waals surface area contributed by atoms with Crippen molar-refractivity contribution in [1.29, 1.82) is 0 Å². The lowest BCUT2D eigenvalue weighted by Crippen LogP contribution is -2.10. The minimum absolute atomic E-state index is 0.0306. The number of benzene rings is 7. The van der Waals surface area contributed by atoms with E-state index in [0.29, 0.717) is 45.2 Å². The van der Waals surface area contributed by atoms with E-state index >= 15 is 0 Å². The number of aryl methyl sites for hydroxylation is 3. The molecule has 6 aromatic heterocycles. The van der Waals surface area contributed by atoms with Crippen LogP contribution in [0.4, 0.5) is 0 Å². The fraction of sp³-hybridized carbons (Fsp3) is 0.195. The first-order valence-electron chi connectivity index (χ1n) is 33.3. The molecule has 0 atom stereocenters. The highest BCUT2D eigenvalue weighted by Gasteiger charge is 2.22. The molecule has 0 saturated heterocycles. The number of carbonyl (C=O) groups is 7. The first kappa shape index (κ1) is 71.9. The number of fused-ring (bicyclic) bond motifs is 9. The Morgan fingerprint density at radius 3 is 1.18 bits per heavy atom. The Kier molecular flexibility index (Phi) is 23.1. The van der Waals surface area contributed by atoms with Crippen LogP contribution in [0.1, 0.15) is 148 Å². The van der Waals surface area contributed by atoms with Crippen LogP contribution >= 0.6 is 34.0 Å². The van der Waals surface area contributed by atoms with Crippen LogP contribution < -0.4 is 0 Å². The van der Waals surface area contributed by atoms with Crippen molar-refractivity contribution in [2.24, 2.45) is 15.5 Å². The highest BCUT2D eigenvalue weighted by molar-refractivity contribution is 7.13. The Hall–Kier alpha value is -11.3. The molecule has 0 unspecified atom stereocenters. The summed E-state index contributed by atoms with van der Waals surface area (Å²) in [7, 11) is 0. The van der Waals surface area contributed by atoms with Gasteiger partial charge >= 0.3 is 23.9 Å². The number of aromatic nitrogens is 3. The number of ether oxygens (including phenoxy) is 1. The number of thiophene rings is 3. The molecule has 6 heterocycles. The molecular weight excluding hydrogens is 1340 g/mol. The molecular formula is C82H74N6O11S3. The normalized spacial score (nSPS) is 11.7. The number of oxime groups is 3. The smallest absolute Gasteiger partial charge is 0.332 e. The van der Waals surface area contributed by atoms with E-state index in [0.717, 1.165) is 129 Å². The minimum atomic E-state index is -0.519. The number of hydrogen-bond donors (Lipinski definition) is 0. The third-order valence-electron chi connectivity index (χ3n) is 17.3. The molecule has 7 aromatic carbocycles. The van der Waals surface area contributed by atoms with Crippen LogP contribution in [0.3, 0.4) is 0 Å². The Labute approximate surface area is 601 Å². The fourth-order valence-electron chi connectivity index (χ4n) is 12.4. The van der Waals surface area contributed by atoms with Crippen molar-refractivity contribution < 1.29 is 52.8 Å². The second kappa shape index (κ2) is 32.8. The summed E-state index contributed by atoms with van der Waals surface area (Å²) in [6.07, 6.45) is 5.87. The summed E-state index contributed by atoms with van der Waals surface area (Å²) in [4.78, 5) is 101. The third kappa shape index (κ3) is 16.1. The number of carbonyl (C=O) groups excluding carboxylic acids is 7. The zero-order valence-electron chi connectivity index (χ0n) is 57.7. The van der Waals surface area contributed by atoms with Gasteiger partial charge in [-0.3, -0.25) is 14.4 Å². The topological polar surface area (TPSA) is 208 Å².